The number of carbonyl (C=O) groups excluding carboxylic acids is 3. The Morgan fingerprint density at radius 2 is 1.33 bits per heavy atom. The number of hydrogen-bond acceptors (Lipinski definition) is 5. The molecule has 0 atom stereocenters. The van der Waals surface area contributed by atoms with Gasteiger partial charge < -0.3 is 4.84 Å². The lowest BCUT2D eigenvalue weighted by molar-refractivity contribution is -0.179. The molecule has 0 aliphatic carbocycles. The van der Waals surface area contributed by atoms with E-state index in [1.54, 1.807) is 18.2 Å². The quantitative estimate of drug-likeness (QED) is 0.610. The van der Waals surface area contributed by atoms with Crippen molar-refractivity contribution < 1.29 is 19.2 Å². The van der Waals surface area contributed by atoms with E-state index in [1.807, 2.05) is 50.2 Å². The number of hydrogen-bond donors (Lipinski definition) is 0. The summed E-state index contributed by atoms with van der Waals surface area (Å²) >= 11 is 0. The van der Waals surface area contributed by atoms with Gasteiger partial charge in [-0.2, -0.15) is 0 Å². The van der Waals surface area contributed by atoms with Crippen molar-refractivity contribution in [1.29, 1.82) is 0 Å². The highest BCUT2D eigenvalue weighted by Gasteiger charge is 2.28. The summed E-state index contributed by atoms with van der Waals surface area (Å²) in [7, 11) is 0. The molecule has 30 heavy (non-hydrogen) atoms. The first kappa shape index (κ1) is 20.9. The molecule has 152 valence electrons. The van der Waals surface area contributed by atoms with Gasteiger partial charge in [0, 0.05) is 12.4 Å². The molecule has 1 heterocycles. The number of aryl methyl sites for hydroxylation is 2. The largest absolute Gasteiger partial charge is 0.365 e. The highest BCUT2D eigenvalue weighted by atomic mass is 16.7. The topological polar surface area (TPSA) is 76.6 Å². The number of carbonyl (C=O) groups is 3. The number of pyridine rings is 1. The first-order valence-electron chi connectivity index (χ1n) is 9.53. The van der Waals surface area contributed by atoms with Crippen LogP contribution >= 0.6 is 0 Å². The second kappa shape index (κ2) is 9.60. The smallest absolute Gasteiger partial charge is 0.325 e. The van der Waals surface area contributed by atoms with Crippen LogP contribution in [0, 0.1) is 13.8 Å². The molecular formula is C24H22N2O4. The van der Waals surface area contributed by atoms with Crippen LogP contribution in [0.25, 0.3) is 0 Å². The zero-order valence-electron chi connectivity index (χ0n) is 16.9. The van der Waals surface area contributed by atoms with Gasteiger partial charge in [0.1, 0.15) is 0 Å². The van der Waals surface area contributed by atoms with Crippen LogP contribution in [0.4, 0.5) is 0 Å². The predicted octanol–water partition coefficient (Wildman–Crippen LogP) is 3.61. The average molecular weight is 402 g/mol. The van der Waals surface area contributed by atoms with E-state index in [9.17, 15) is 14.4 Å². The summed E-state index contributed by atoms with van der Waals surface area (Å²) in [5.74, 6) is -2.04. The minimum absolute atomic E-state index is 0.0630. The molecule has 0 N–H and O–H groups in total. The molecule has 0 aliphatic rings. The molecule has 3 rings (SSSR count). The minimum Gasteiger partial charge on any atom is -0.325 e. The standard InChI is InChI=1S/C24H22N2O4/c1-17-8-3-5-10-19(17)14-22(27)26(30-24(29)21-12-7-13-25-16-21)23(28)15-20-11-6-4-9-18(20)2/h3-13,16H,14-15H2,1-2H3. The predicted molar refractivity (Wildman–Crippen MR) is 111 cm³/mol. The molecular weight excluding hydrogens is 380 g/mol. The summed E-state index contributed by atoms with van der Waals surface area (Å²) in [5, 5.41) is 0.578. The zero-order valence-corrected chi connectivity index (χ0v) is 16.9. The van der Waals surface area contributed by atoms with Crippen molar-refractivity contribution in [2.75, 3.05) is 0 Å². The second-order valence-electron chi connectivity index (χ2n) is 6.91. The zero-order chi connectivity index (χ0) is 21.5. The fourth-order valence-electron chi connectivity index (χ4n) is 2.95. The maximum Gasteiger partial charge on any atom is 0.365 e. The first-order chi connectivity index (χ1) is 14.5. The van der Waals surface area contributed by atoms with E-state index in [0.29, 0.717) is 5.06 Å². The fourth-order valence-corrected chi connectivity index (χ4v) is 2.95. The Kier molecular flexibility index (Phi) is 6.70. The SMILES string of the molecule is Cc1ccccc1CC(=O)N(OC(=O)c1cccnc1)C(=O)Cc1ccccc1C. The molecule has 2 amide bonds. The van der Waals surface area contributed by atoms with Crippen LogP contribution in [-0.4, -0.2) is 27.8 Å². The van der Waals surface area contributed by atoms with Gasteiger partial charge in [-0.15, -0.1) is 5.06 Å². The molecule has 0 aliphatic heterocycles. The van der Waals surface area contributed by atoms with Gasteiger partial charge in [-0.25, -0.2) is 4.79 Å². The molecule has 2 aromatic carbocycles. The molecule has 0 saturated heterocycles. The molecule has 0 saturated carbocycles. The third-order valence-corrected chi connectivity index (χ3v) is 4.73. The number of amides is 2. The lowest BCUT2D eigenvalue weighted by Gasteiger charge is -2.20. The van der Waals surface area contributed by atoms with E-state index < -0.39 is 17.8 Å². The van der Waals surface area contributed by atoms with E-state index >= 15 is 0 Å². The Labute approximate surface area is 175 Å². The van der Waals surface area contributed by atoms with Crippen LogP contribution < -0.4 is 0 Å². The highest BCUT2D eigenvalue weighted by Crippen LogP contribution is 2.14. The van der Waals surface area contributed by atoms with Gasteiger partial charge in [-0.05, 0) is 48.2 Å². The minimum atomic E-state index is -0.820. The van der Waals surface area contributed by atoms with Gasteiger partial charge in [0.25, 0.3) is 11.8 Å². The normalized spacial score (nSPS) is 10.3. The van der Waals surface area contributed by atoms with Crippen molar-refractivity contribution in [2.24, 2.45) is 0 Å². The molecule has 1 aromatic heterocycles. The van der Waals surface area contributed by atoms with Crippen LogP contribution in [0.2, 0.25) is 0 Å². The van der Waals surface area contributed by atoms with E-state index in [4.69, 9.17) is 4.84 Å². The summed E-state index contributed by atoms with van der Waals surface area (Å²) < 4.78 is 0. The highest BCUT2D eigenvalue weighted by molar-refractivity contribution is 5.99. The molecule has 6 nitrogen and oxygen atoms in total. The summed E-state index contributed by atoms with van der Waals surface area (Å²) in [4.78, 5) is 47.5. The third kappa shape index (κ3) is 5.17. The van der Waals surface area contributed by atoms with Crippen molar-refractivity contribution in [3.8, 4) is 0 Å². The van der Waals surface area contributed by atoms with Gasteiger partial charge in [-0.1, -0.05) is 48.5 Å². The van der Waals surface area contributed by atoms with E-state index in [2.05, 4.69) is 4.98 Å². The maximum absolute atomic E-state index is 13.0. The molecule has 0 bridgehead atoms. The number of rotatable bonds is 5. The van der Waals surface area contributed by atoms with Crippen molar-refractivity contribution in [1.82, 2.24) is 10.0 Å². The van der Waals surface area contributed by atoms with Crippen LogP contribution in [0.5, 0.6) is 0 Å². The number of imide groups is 1. The van der Waals surface area contributed by atoms with Gasteiger partial charge >= 0.3 is 5.97 Å². The number of nitrogens with zero attached hydrogens (tertiary/aromatic N) is 2. The Balaban J connectivity index is 1.84. The van der Waals surface area contributed by atoms with Crippen molar-refractivity contribution in [2.45, 2.75) is 26.7 Å². The van der Waals surface area contributed by atoms with Gasteiger partial charge in [-0.3, -0.25) is 14.6 Å². The average Bonchev–Trinajstić information content (AvgIpc) is 2.75. The first-order valence-corrected chi connectivity index (χ1v) is 9.53. The fraction of sp³-hybridized carbons (Fsp3) is 0.167. The molecule has 6 heteroatoms. The Morgan fingerprint density at radius 3 is 1.80 bits per heavy atom. The van der Waals surface area contributed by atoms with Crippen LogP contribution in [0.15, 0.2) is 73.1 Å². The Morgan fingerprint density at radius 1 is 0.800 bits per heavy atom. The monoisotopic (exact) mass is 402 g/mol. The summed E-state index contributed by atoms with van der Waals surface area (Å²) in [5.41, 5.74) is 3.49. The van der Waals surface area contributed by atoms with Gasteiger partial charge in [0.2, 0.25) is 0 Å². The lowest BCUT2D eigenvalue weighted by Crippen LogP contribution is -2.40. The lowest BCUT2D eigenvalue weighted by atomic mass is 10.0. The molecule has 0 fully saturated rings. The van der Waals surface area contributed by atoms with Crippen LogP contribution in [0.1, 0.15) is 32.6 Å². The molecule has 0 unspecified atom stereocenters. The number of hydroxylamine groups is 2. The Bertz CT molecular complexity index is 1000. The summed E-state index contributed by atoms with van der Waals surface area (Å²) in [6, 6.07) is 17.8. The van der Waals surface area contributed by atoms with Crippen LogP contribution in [-0.2, 0) is 27.3 Å². The van der Waals surface area contributed by atoms with E-state index in [0.717, 1.165) is 22.3 Å². The number of aromatic nitrogens is 1. The van der Waals surface area contributed by atoms with Gasteiger partial charge in [0.15, 0.2) is 0 Å². The summed E-state index contributed by atoms with van der Waals surface area (Å²) in [6.45, 7) is 3.76. The maximum atomic E-state index is 13.0. The number of benzene rings is 2. The molecule has 0 spiro atoms. The van der Waals surface area contributed by atoms with Gasteiger partial charge in [0.05, 0.1) is 18.4 Å². The van der Waals surface area contributed by atoms with Crippen LogP contribution in [0.3, 0.4) is 0 Å². The Hall–Kier alpha value is -3.80. The summed E-state index contributed by atoms with van der Waals surface area (Å²) in [6.07, 6.45) is 2.71. The third-order valence-electron chi connectivity index (χ3n) is 4.73. The van der Waals surface area contributed by atoms with E-state index in [-0.39, 0.29) is 18.4 Å². The molecule has 0 radical (unpaired) electrons. The van der Waals surface area contributed by atoms with Crippen molar-refractivity contribution in [3.63, 3.8) is 0 Å². The second-order valence-corrected chi connectivity index (χ2v) is 6.91. The van der Waals surface area contributed by atoms with Crippen molar-refractivity contribution in [3.05, 3.63) is 101 Å². The van der Waals surface area contributed by atoms with E-state index in [1.165, 1.54) is 18.5 Å². The van der Waals surface area contributed by atoms with Crippen molar-refractivity contribution >= 4 is 17.8 Å². The molecule has 3 aromatic rings.